The van der Waals surface area contributed by atoms with Crippen molar-refractivity contribution < 1.29 is 0 Å². The van der Waals surface area contributed by atoms with Gasteiger partial charge in [-0.2, -0.15) is 0 Å². The van der Waals surface area contributed by atoms with Gasteiger partial charge >= 0.3 is 0 Å². The van der Waals surface area contributed by atoms with E-state index in [1.807, 2.05) is 11.3 Å². The van der Waals surface area contributed by atoms with E-state index in [-0.39, 0.29) is 0 Å². The van der Waals surface area contributed by atoms with Gasteiger partial charge < -0.3 is 5.32 Å². The smallest absolute Gasteiger partial charge is 0.0963 e. The first-order valence-electron chi connectivity index (χ1n) is 8.06. The molecule has 0 spiro atoms. The van der Waals surface area contributed by atoms with Gasteiger partial charge in [-0.25, -0.2) is 4.98 Å². The standard InChI is InChI=1S/C18H24N2S/c1-3-13(2)18-20-17(14-7-5-4-6-8-14)16(21-18)11-12-19-15-9-10-15/h4-8,13,15,19H,3,9-12H2,1-2H3. The van der Waals surface area contributed by atoms with Gasteiger partial charge in [-0.1, -0.05) is 44.2 Å². The summed E-state index contributed by atoms with van der Waals surface area (Å²) in [4.78, 5) is 6.39. The molecule has 1 atom stereocenters. The second-order valence-corrected chi connectivity index (χ2v) is 7.09. The Labute approximate surface area is 131 Å². The van der Waals surface area contributed by atoms with Gasteiger partial charge in [0.15, 0.2) is 0 Å². The number of hydrogen-bond acceptors (Lipinski definition) is 3. The highest BCUT2D eigenvalue weighted by Gasteiger charge is 2.21. The van der Waals surface area contributed by atoms with Crippen molar-refractivity contribution in [2.75, 3.05) is 6.54 Å². The molecule has 2 nitrogen and oxygen atoms in total. The monoisotopic (exact) mass is 300 g/mol. The third kappa shape index (κ3) is 3.72. The maximum atomic E-state index is 4.96. The summed E-state index contributed by atoms with van der Waals surface area (Å²) in [7, 11) is 0. The minimum absolute atomic E-state index is 0.558. The molecule has 21 heavy (non-hydrogen) atoms. The van der Waals surface area contributed by atoms with Crippen LogP contribution in [0, 0.1) is 0 Å². The minimum Gasteiger partial charge on any atom is -0.314 e. The van der Waals surface area contributed by atoms with Crippen molar-refractivity contribution in [1.82, 2.24) is 10.3 Å². The molecule has 3 heteroatoms. The summed E-state index contributed by atoms with van der Waals surface area (Å²) in [6.45, 7) is 5.59. The number of rotatable bonds is 7. The summed E-state index contributed by atoms with van der Waals surface area (Å²) in [5, 5.41) is 4.90. The Morgan fingerprint density at radius 1 is 1.29 bits per heavy atom. The van der Waals surface area contributed by atoms with Crippen molar-refractivity contribution in [2.45, 2.75) is 51.5 Å². The number of thiazole rings is 1. The Bertz CT molecular complexity index is 572. The SMILES string of the molecule is CCC(C)c1nc(-c2ccccc2)c(CCNC2CC2)s1. The van der Waals surface area contributed by atoms with Crippen LogP contribution in [0.4, 0.5) is 0 Å². The average molecular weight is 300 g/mol. The molecule has 0 aliphatic heterocycles. The molecule has 0 radical (unpaired) electrons. The Morgan fingerprint density at radius 3 is 2.71 bits per heavy atom. The molecular formula is C18H24N2S. The van der Waals surface area contributed by atoms with E-state index in [4.69, 9.17) is 4.98 Å². The molecule has 2 aromatic rings. The number of hydrogen-bond donors (Lipinski definition) is 1. The van der Waals surface area contributed by atoms with E-state index < -0.39 is 0 Å². The van der Waals surface area contributed by atoms with E-state index in [0.717, 1.165) is 25.4 Å². The molecule has 1 saturated carbocycles. The molecule has 1 aliphatic carbocycles. The maximum Gasteiger partial charge on any atom is 0.0963 e. The van der Waals surface area contributed by atoms with Crippen molar-refractivity contribution in [3.63, 3.8) is 0 Å². The lowest BCUT2D eigenvalue weighted by Crippen LogP contribution is -2.19. The lowest BCUT2D eigenvalue weighted by molar-refractivity contribution is 0.685. The van der Waals surface area contributed by atoms with Crippen molar-refractivity contribution in [3.05, 3.63) is 40.2 Å². The second-order valence-electron chi connectivity index (χ2n) is 5.98. The van der Waals surface area contributed by atoms with Gasteiger partial charge in [-0.15, -0.1) is 11.3 Å². The maximum absolute atomic E-state index is 4.96. The van der Waals surface area contributed by atoms with Crippen molar-refractivity contribution in [3.8, 4) is 11.3 Å². The van der Waals surface area contributed by atoms with Crippen LogP contribution in [0.2, 0.25) is 0 Å². The zero-order chi connectivity index (χ0) is 14.7. The van der Waals surface area contributed by atoms with Crippen LogP contribution in [0.15, 0.2) is 30.3 Å². The molecule has 1 N–H and O–H groups in total. The normalized spacial score (nSPS) is 16.1. The number of aromatic nitrogens is 1. The number of nitrogens with zero attached hydrogens (tertiary/aromatic N) is 1. The van der Waals surface area contributed by atoms with Crippen molar-refractivity contribution in [1.29, 1.82) is 0 Å². The van der Waals surface area contributed by atoms with Crippen molar-refractivity contribution >= 4 is 11.3 Å². The van der Waals surface area contributed by atoms with Gasteiger partial charge in [-0.05, 0) is 25.7 Å². The molecule has 1 fully saturated rings. The summed E-state index contributed by atoms with van der Waals surface area (Å²) >= 11 is 1.91. The van der Waals surface area contributed by atoms with Crippen LogP contribution in [-0.4, -0.2) is 17.6 Å². The molecule has 0 bridgehead atoms. The zero-order valence-electron chi connectivity index (χ0n) is 12.9. The van der Waals surface area contributed by atoms with E-state index in [1.165, 1.54) is 34.0 Å². The number of benzene rings is 1. The molecule has 1 aliphatic rings. The van der Waals surface area contributed by atoms with E-state index in [0.29, 0.717) is 5.92 Å². The lowest BCUT2D eigenvalue weighted by Gasteiger charge is -2.03. The molecule has 1 unspecified atom stereocenters. The van der Waals surface area contributed by atoms with Gasteiger partial charge in [0.05, 0.1) is 10.7 Å². The van der Waals surface area contributed by atoms with Crippen molar-refractivity contribution in [2.24, 2.45) is 0 Å². The molecule has 1 aromatic heterocycles. The van der Waals surface area contributed by atoms with E-state index in [1.54, 1.807) is 0 Å². The Balaban J connectivity index is 1.82. The fourth-order valence-electron chi connectivity index (χ4n) is 2.42. The molecule has 0 amide bonds. The van der Waals surface area contributed by atoms with Crippen LogP contribution in [0.1, 0.15) is 48.9 Å². The Kier molecular flexibility index (Phi) is 4.71. The topological polar surface area (TPSA) is 24.9 Å². The van der Waals surface area contributed by atoms with E-state index >= 15 is 0 Å². The summed E-state index contributed by atoms with van der Waals surface area (Å²) in [5.41, 5.74) is 2.46. The molecule has 3 rings (SSSR count). The highest BCUT2D eigenvalue weighted by Crippen LogP contribution is 2.33. The van der Waals surface area contributed by atoms with E-state index in [2.05, 4.69) is 49.5 Å². The summed E-state index contributed by atoms with van der Waals surface area (Å²) in [6.07, 6.45) is 4.95. The highest BCUT2D eigenvalue weighted by molar-refractivity contribution is 7.12. The molecular weight excluding hydrogens is 276 g/mol. The zero-order valence-corrected chi connectivity index (χ0v) is 13.7. The van der Waals surface area contributed by atoms with Crippen LogP contribution < -0.4 is 5.32 Å². The fraction of sp³-hybridized carbons (Fsp3) is 0.500. The third-order valence-corrected chi connectivity index (χ3v) is 5.50. The quantitative estimate of drug-likeness (QED) is 0.807. The van der Waals surface area contributed by atoms with Crippen LogP contribution in [0.5, 0.6) is 0 Å². The van der Waals surface area contributed by atoms with Crippen LogP contribution in [-0.2, 0) is 6.42 Å². The molecule has 1 aromatic carbocycles. The summed E-state index contributed by atoms with van der Waals surface area (Å²) in [6, 6.07) is 11.4. The predicted octanol–water partition coefficient (Wildman–Crippen LogP) is 4.62. The van der Waals surface area contributed by atoms with Gasteiger partial charge in [0.1, 0.15) is 0 Å². The van der Waals surface area contributed by atoms with Crippen LogP contribution in [0.3, 0.4) is 0 Å². The Hall–Kier alpha value is -1.19. The van der Waals surface area contributed by atoms with Gasteiger partial charge in [0.2, 0.25) is 0 Å². The fourth-order valence-corrected chi connectivity index (χ4v) is 3.65. The van der Waals surface area contributed by atoms with E-state index in [9.17, 15) is 0 Å². The van der Waals surface area contributed by atoms with Crippen LogP contribution >= 0.6 is 11.3 Å². The van der Waals surface area contributed by atoms with Crippen LogP contribution in [0.25, 0.3) is 11.3 Å². The van der Waals surface area contributed by atoms with Gasteiger partial charge in [-0.3, -0.25) is 0 Å². The first-order chi connectivity index (χ1) is 10.3. The first kappa shape index (κ1) is 14.7. The average Bonchev–Trinajstić information content (AvgIpc) is 3.25. The first-order valence-corrected chi connectivity index (χ1v) is 8.88. The molecule has 1 heterocycles. The summed E-state index contributed by atoms with van der Waals surface area (Å²) in [5.74, 6) is 0.558. The second kappa shape index (κ2) is 6.71. The number of nitrogens with one attached hydrogen (secondary N) is 1. The largest absolute Gasteiger partial charge is 0.314 e. The van der Waals surface area contributed by atoms with Gasteiger partial charge in [0.25, 0.3) is 0 Å². The molecule has 0 saturated heterocycles. The Morgan fingerprint density at radius 2 is 2.05 bits per heavy atom. The molecule has 112 valence electrons. The third-order valence-electron chi connectivity index (χ3n) is 4.16. The summed E-state index contributed by atoms with van der Waals surface area (Å²) < 4.78 is 0. The lowest BCUT2D eigenvalue weighted by atomic mass is 10.1. The highest BCUT2D eigenvalue weighted by atomic mass is 32.1. The predicted molar refractivity (Wildman–Crippen MR) is 91.0 cm³/mol. The van der Waals surface area contributed by atoms with Gasteiger partial charge in [0, 0.05) is 28.9 Å². The minimum atomic E-state index is 0.558.